The Morgan fingerprint density at radius 3 is 2.29 bits per heavy atom. The number of anilines is 3. The minimum Gasteiger partial charge on any atom is -0.465 e. The van der Waals surface area contributed by atoms with Crippen LogP contribution in [0.1, 0.15) is 21.5 Å². The maximum atomic E-state index is 13.4. The van der Waals surface area contributed by atoms with Gasteiger partial charge in [-0.25, -0.2) is 9.21 Å². The highest BCUT2D eigenvalue weighted by atomic mass is 35.5. The van der Waals surface area contributed by atoms with E-state index in [2.05, 4.69) is 22.2 Å². The summed E-state index contributed by atoms with van der Waals surface area (Å²) in [6, 6.07) is 21.8. The van der Waals surface area contributed by atoms with Gasteiger partial charge in [-0.05, 0) is 49.0 Å². The van der Waals surface area contributed by atoms with E-state index in [9.17, 15) is 14.4 Å². The van der Waals surface area contributed by atoms with Crippen molar-refractivity contribution in [1.82, 2.24) is 9.80 Å². The zero-order valence-corrected chi connectivity index (χ0v) is 24.0. The second-order valence-electron chi connectivity index (χ2n) is 10.1. The molecular weight excluding hydrogens is 542 g/mol. The lowest BCUT2D eigenvalue weighted by molar-refractivity contribution is -0.119. The maximum Gasteiger partial charge on any atom is 0.337 e. The van der Waals surface area contributed by atoms with Crippen LogP contribution in [-0.4, -0.2) is 81.5 Å². The van der Waals surface area contributed by atoms with Gasteiger partial charge in [0.15, 0.2) is 0 Å². The van der Waals surface area contributed by atoms with Crippen molar-refractivity contribution in [2.45, 2.75) is 0 Å². The van der Waals surface area contributed by atoms with E-state index in [1.54, 1.807) is 30.1 Å². The van der Waals surface area contributed by atoms with Crippen LogP contribution in [0.25, 0.3) is 11.3 Å². The molecule has 2 amide bonds. The molecule has 3 aromatic carbocycles. The molecular formula is C31H32ClN5O4. The third-order valence-electron chi connectivity index (χ3n) is 7.46. The number of rotatable bonds is 7. The average Bonchev–Trinajstić information content (AvgIpc) is 3.25. The van der Waals surface area contributed by atoms with Crippen LogP contribution >= 0.6 is 11.8 Å². The SMILES string of the molecule is COC(=O)c1ccc2c(c1)N(Cl)C(=O)/C2=C(\Nc1ccc(N(C)C(=O)CN2CCN(C)CC2)cc1)c1ccccc1. The van der Waals surface area contributed by atoms with Crippen molar-refractivity contribution in [2.24, 2.45) is 0 Å². The maximum absolute atomic E-state index is 13.4. The smallest absolute Gasteiger partial charge is 0.337 e. The minimum absolute atomic E-state index is 0.0315. The van der Waals surface area contributed by atoms with Gasteiger partial charge in [-0.15, -0.1) is 0 Å². The van der Waals surface area contributed by atoms with Gasteiger partial charge in [-0.3, -0.25) is 14.5 Å². The van der Waals surface area contributed by atoms with Gasteiger partial charge >= 0.3 is 5.97 Å². The summed E-state index contributed by atoms with van der Waals surface area (Å²) in [5, 5.41) is 3.41. The van der Waals surface area contributed by atoms with Gasteiger partial charge in [0.1, 0.15) is 0 Å². The van der Waals surface area contributed by atoms with Gasteiger partial charge in [-0.2, -0.15) is 0 Å². The van der Waals surface area contributed by atoms with E-state index in [4.69, 9.17) is 16.5 Å². The molecule has 0 atom stereocenters. The summed E-state index contributed by atoms with van der Waals surface area (Å²) in [5.41, 5.74) is 4.52. The summed E-state index contributed by atoms with van der Waals surface area (Å²) >= 11 is 6.43. The molecule has 3 aromatic rings. The fourth-order valence-corrected chi connectivity index (χ4v) is 5.18. The summed E-state index contributed by atoms with van der Waals surface area (Å²) < 4.78 is 5.84. The lowest BCUT2D eigenvalue weighted by atomic mass is 9.99. The van der Waals surface area contributed by atoms with E-state index < -0.39 is 11.9 Å². The molecule has 10 heteroatoms. The standard InChI is InChI=1S/C31H32ClN5O4/c1-34-15-17-36(18-16-34)20-27(38)35(2)24-12-10-23(11-13-24)33-29(21-7-5-4-6-8-21)28-25-14-9-22(31(40)41-3)19-26(25)37(32)30(28)39/h4-14,19,33H,15-18,20H2,1-3H3/b29-28-. The molecule has 2 aliphatic heterocycles. The number of hydrogen-bond donors (Lipinski definition) is 1. The zero-order chi connectivity index (χ0) is 29.1. The van der Waals surface area contributed by atoms with Crippen LogP contribution in [0.2, 0.25) is 0 Å². The van der Waals surface area contributed by atoms with Crippen molar-refractivity contribution >= 4 is 57.9 Å². The number of piperazine rings is 1. The van der Waals surface area contributed by atoms with Crippen molar-refractivity contribution in [3.05, 3.63) is 89.5 Å². The minimum atomic E-state index is -0.517. The van der Waals surface area contributed by atoms with Crippen LogP contribution < -0.4 is 14.6 Å². The highest BCUT2D eigenvalue weighted by Gasteiger charge is 2.35. The Morgan fingerprint density at radius 2 is 1.63 bits per heavy atom. The van der Waals surface area contributed by atoms with E-state index in [0.29, 0.717) is 34.6 Å². The summed E-state index contributed by atoms with van der Waals surface area (Å²) in [4.78, 5) is 44.6. The highest BCUT2D eigenvalue weighted by Crippen LogP contribution is 2.42. The van der Waals surface area contributed by atoms with Crippen molar-refractivity contribution < 1.29 is 19.1 Å². The van der Waals surface area contributed by atoms with Crippen molar-refractivity contribution in [3.63, 3.8) is 0 Å². The predicted octanol–water partition coefficient (Wildman–Crippen LogP) is 4.16. The Morgan fingerprint density at radius 1 is 0.951 bits per heavy atom. The number of ether oxygens (including phenoxy) is 1. The topological polar surface area (TPSA) is 85.4 Å². The first-order valence-electron chi connectivity index (χ1n) is 13.3. The van der Waals surface area contributed by atoms with Gasteiger partial charge in [0.25, 0.3) is 5.91 Å². The monoisotopic (exact) mass is 573 g/mol. The average molecular weight is 574 g/mol. The number of carbonyl (C=O) groups excluding carboxylic acids is 3. The van der Waals surface area contributed by atoms with Crippen molar-refractivity contribution in [2.75, 3.05) is 68.6 Å². The predicted molar refractivity (Wildman–Crippen MR) is 162 cm³/mol. The lowest BCUT2D eigenvalue weighted by Gasteiger charge is -2.32. The van der Waals surface area contributed by atoms with Crippen LogP contribution in [0.5, 0.6) is 0 Å². The molecule has 0 bridgehead atoms. The second kappa shape index (κ2) is 12.1. The summed E-state index contributed by atoms with van der Waals surface area (Å²) in [6.07, 6.45) is 0. The third-order valence-corrected chi connectivity index (χ3v) is 7.79. The normalized spacial score (nSPS) is 16.8. The molecule has 41 heavy (non-hydrogen) atoms. The number of amides is 2. The van der Waals surface area contributed by atoms with Gasteiger partial charge in [0.05, 0.1) is 36.2 Å². The highest BCUT2D eigenvalue weighted by molar-refractivity contribution is 6.52. The first kappa shape index (κ1) is 28.4. The molecule has 212 valence electrons. The Bertz CT molecular complexity index is 1480. The van der Waals surface area contributed by atoms with Crippen molar-refractivity contribution in [1.29, 1.82) is 0 Å². The molecule has 0 saturated carbocycles. The fourth-order valence-electron chi connectivity index (χ4n) is 4.96. The van der Waals surface area contributed by atoms with E-state index >= 15 is 0 Å². The van der Waals surface area contributed by atoms with E-state index in [-0.39, 0.29) is 5.91 Å². The molecule has 9 nitrogen and oxygen atoms in total. The van der Waals surface area contributed by atoms with E-state index in [1.165, 1.54) is 7.11 Å². The number of carbonyl (C=O) groups is 3. The van der Waals surface area contributed by atoms with Crippen LogP contribution in [0.15, 0.2) is 72.8 Å². The number of methoxy groups -OCH3 is 1. The Kier molecular flexibility index (Phi) is 8.39. The molecule has 0 spiro atoms. The Labute approximate surface area is 244 Å². The van der Waals surface area contributed by atoms with Crippen LogP contribution in [0, 0.1) is 0 Å². The summed E-state index contributed by atoms with van der Waals surface area (Å²) in [6.45, 7) is 4.04. The number of fused-ring (bicyclic) bond motifs is 1. The molecule has 0 unspecified atom stereocenters. The first-order valence-corrected chi connectivity index (χ1v) is 13.7. The Balaban J connectivity index is 1.42. The molecule has 2 aliphatic rings. The van der Waals surface area contributed by atoms with Crippen LogP contribution in [-0.2, 0) is 14.3 Å². The lowest BCUT2D eigenvalue weighted by Crippen LogP contribution is -2.48. The molecule has 0 aliphatic carbocycles. The van der Waals surface area contributed by atoms with Crippen LogP contribution in [0.3, 0.4) is 0 Å². The number of nitrogens with one attached hydrogen (secondary N) is 1. The number of hydrogen-bond acceptors (Lipinski definition) is 7. The molecule has 5 rings (SSSR count). The van der Waals surface area contributed by atoms with Gasteiger partial charge < -0.3 is 19.9 Å². The largest absolute Gasteiger partial charge is 0.465 e. The summed E-state index contributed by atoms with van der Waals surface area (Å²) in [7, 11) is 5.17. The quantitative estimate of drug-likeness (QED) is 0.258. The number of nitrogens with zero attached hydrogens (tertiary/aromatic N) is 4. The Hall–Kier alpha value is -4.18. The molecule has 0 radical (unpaired) electrons. The second-order valence-corrected chi connectivity index (χ2v) is 10.5. The van der Waals surface area contributed by atoms with E-state index in [1.807, 2.05) is 54.6 Å². The fraction of sp³-hybridized carbons (Fsp3) is 0.258. The molecule has 1 saturated heterocycles. The number of halogens is 1. The number of likely N-dealkylation sites (N-methyl/N-ethyl adjacent to an activating group) is 2. The van der Waals surface area contributed by atoms with Gasteiger partial charge in [0, 0.05) is 61.9 Å². The third kappa shape index (κ3) is 5.97. The molecule has 0 aromatic heterocycles. The van der Waals surface area contributed by atoms with Crippen LogP contribution in [0.4, 0.5) is 17.1 Å². The van der Waals surface area contributed by atoms with Gasteiger partial charge in [0.2, 0.25) is 5.91 Å². The molecule has 1 fully saturated rings. The van der Waals surface area contributed by atoms with E-state index in [0.717, 1.165) is 47.5 Å². The number of benzene rings is 3. The first-order chi connectivity index (χ1) is 19.8. The summed E-state index contributed by atoms with van der Waals surface area (Å²) in [5.74, 6) is -0.902. The van der Waals surface area contributed by atoms with Crippen molar-refractivity contribution in [3.8, 4) is 0 Å². The zero-order valence-electron chi connectivity index (χ0n) is 23.3. The molecule has 2 heterocycles. The molecule has 1 N–H and O–H groups in total. The number of esters is 1. The van der Waals surface area contributed by atoms with Gasteiger partial charge in [-0.1, -0.05) is 36.4 Å².